The molecule has 16 heavy (non-hydrogen) atoms. The van der Waals surface area contributed by atoms with Gasteiger partial charge in [0, 0.05) is 6.20 Å². The molecule has 2 aromatic rings. The molecule has 0 aromatic carbocycles. The summed E-state index contributed by atoms with van der Waals surface area (Å²) < 4.78 is 4.81. The van der Waals surface area contributed by atoms with E-state index in [4.69, 9.17) is 21.8 Å². The number of nitrogens with one attached hydrogen (secondary N) is 1. The molecular weight excluding hydrogens is 230 g/mol. The van der Waals surface area contributed by atoms with E-state index in [1.165, 1.54) is 24.7 Å². The molecule has 2 rings (SSSR count). The van der Waals surface area contributed by atoms with Gasteiger partial charge in [-0.05, 0) is 23.7 Å². The van der Waals surface area contributed by atoms with Crippen LogP contribution in [0.1, 0.15) is 10.4 Å². The molecule has 0 bridgehead atoms. The highest BCUT2D eigenvalue weighted by molar-refractivity contribution is 6.32. The molecule has 5 nitrogen and oxygen atoms in total. The van der Waals surface area contributed by atoms with Gasteiger partial charge in [0.25, 0.3) is 5.91 Å². The topological polar surface area (TPSA) is 81.1 Å². The quantitative estimate of drug-likeness (QED) is 0.839. The highest BCUT2D eigenvalue weighted by Crippen LogP contribution is 2.20. The van der Waals surface area contributed by atoms with E-state index < -0.39 is 0 Å². The van der Waals surface area contributed by atoms with Crippen molar-refractivity contribution in [2.75, 3.05) is 11.1 Å². The van der Waals surface area contributed by atoms with E-state index in [-0.39, 0.29) is 16.7 Å². The predicted octanol–water partition coefficient (Wildman–Crippen LogP) is 2.16. The number of hydrogen-bond acceptors (Lipinski definition) is 4. The largest absolute Gasteiger partial charge is 0.452 e. The van der Waals surface area contributed by atoms with Crippen LogP contribution in [0.15, 0.2) is 35.2 Å². The van der Waals surface area contributed by atoms with E-state index in [0.29, 0.717) is 11.4 Å². The lowest BCUT2D eigenvalue weighted by Gasteiger charge is -2.05. The Morgan fingerprint density at radius 2 is 2.31 bits per heavy atom. The van der Waals surface area contributed by atoms with Crippen molar-refractivity contribution >= 4 is 28.9 Å². The molecule has 0 spiro atoms. The zero-order valence-corrected chi connectivity index (χ0v) is 8.86. The number of carbonyl (C=O) groups excluding carboxylic acids is 1. The fourth-order valence-corrected chi connectivity index (χ4v) is 1.37. The van der Waals surface area contributed by atoms with E-state index >= 15 is 0 Å². The number of hydrogen-bond donors (Lipinski definition) is 2. The smallest absolute Gasteiger partial charge is 0.260 e. The Labute approximate surface area is 96.2 Å². The Kier molecular flexibility index (Phi) is 2.78. The molecule has 0 unspecified atom stereocenters. The summed E-state index contributed by atoms with van der Waals surface area (Å²) >= 11 is 5.67. The van der Waals surface area contributed by atoms with Crippen LogP contribution >= 0.6 is 11.6 Å². The number of furan rings is 1. The van der Waals surface area contributed by atoms with Crippen molar-refractivity contribution in [1.29, 1.82) is 0 Å². The lowest BCUT2D eigenvalue weighted by molar-refractivity contribution is 0.102. The molecule has 2 heterocycles. The van der Waals surface area contributed by atoms with Gasteiger partial charge in [0.1, 0.15) is 0 Å². The third-order valence-corrected chi connectivity index (χ3v) is 2.26. The minimum Gasteiger partial charge on any atom is -0.452 e. The van der Waals surface area contributed by atoms with Crippen LogP contribution in [-0.4, -0.2) is 10.9 Å². The zero-order chi connectivity index (χ0) is 11.5. The number of nitrogens with two attached hydrogens (primary N) is 1. The molecule has 2 aromatic heterocycles. The lowest BCUT2D eigenvalue weighted by atomic mass is 10.3. The summed E-state index contributed by atoms with van der Waals surface area (Å²) in [6.07, 6.45) is 4.32. The number of nitrogen functional groups attached to an aromatic ring is 1. The van der Waals surface area contributed by atoms with Crippen molar-refractivity contribution < 1.29 is 9.21 Å². The van der Waals surface area contributed by atoms with Crippen molar-refractivity contribution in [2.45, 2.75) is 0 Å². The van der Waals surface area contributed by atoms with Crippen LogP contribution in [0.5, 0.6) is 0 Å². The molecule has 0 saturated carbocycles. The fourth-order valence-electron chi connectivity index (χ4n) is 1.17. The molecule has 0 atom stereocenters. The van der Waals surface area contributed by atoms with Crippen LogP contribution in [0.25, 0.3) is 0 Å². The highest BCUT2D eigenvalue weighted by atomic mass is 35.5. The van der Waals surface area contributed by atoms with Crippen LogP contribution in [0.2, 0.25) is 5.22 Å². The number of rotatable bonds is 2. The van der Waals surface area contributed by atoms with Gasteiger partial charge in [-0.2, -0.15) is 0 Å². The molecular formula is C10H8ClN3O2. The van der Waals surface area contributed by atoms with Crippen LogP contribution in [0, 0.1) is 0 Å². The van der Waals surface area contributed by atoms with Crippen LogP contribution in [-0.2, 0) is 0 Å². The molecule has 0 fully saturated rings. The van der Waals surface area contributed by atoms with Gasteiger partial charge in [0.2, 0.25) is 5.22 Å². The monoisotopic (exact) mass is 237 g/mol. The number of nitrogens with zero attached hydrogens (tertiary/aromatic N) is 1. The molecule has 0 radical (unpaired) electrons. The Morgan fingerprint density at radius 1 is 1.50 bits per heavy atom. The number of carbonyl (C=O) groups is 1. The molecule has 0 aliphatic rings. The highest BCUT2D eigenvalue weighted by Gasteiger charge is 2.13. The van der Waals surface area contributed by atoms with E-state index in [9.17, 15) is 4.79 Å². The van der Waals surface area contributed by atoms with Gasteiger partial charge >= 0.3 is 0 Å². The summed E-state index contributed by atoms with van der Waals surface area (Å²) in [7, 11) is 0. The maximum atomic E-state index is 11.7. The first-order chi connectivity index (χ1) is 7.68. The van der Waals surface area contributed by atoms with E-state index in [1.54, 1.807) is 6.07 Å². The first kappa shape index (κ1) is 10.5. The van der Waals surface area contributed by atoms with E-state index in [2.05, 4.69) is 10.3 Å². The lowest BCUT2D eigenvalue weighted by Crippen LogP contribution is -2.12. The maximum Gasteiger partial charge on any atom is 0.260 e. The average molecular weight is 238 g/mol. The minimum atomic E-state index is -0.378. The van der Waals surface area contributed by atoms with Crippen LogP contribution < -0.4 is 11.1 Å². The Balaban J connectivity index is 2.21. The average Bonchev–Trinajstić information content (AvgIpc) is 2.68. The second-order valence-corrected chi connectivity index (χ2v) is 3.37. The minimum absolute atomic E-state index is 0.0464. The predicted molar refractivity (Wildman–Crippen MR) is 60.3 cm³/mol. The summed E-state index contributed by atoms with van der Waals surface area (Å²) in [4.78, 5) is 15.5. The SMILES string of the molecule is Nc1cnccc1NC(=O)c1ccoc1Cl. The molecule has 82 valence electrons. The summed E-state index contributed by atoms with van der Waals surface area (Å²) in [5.74, 6) is -0.378. The van der Waals surface area contributed by atoms with Gasteiger partial charge in [-0.3, -0.25) is 9.78 Å². The second kappa shape index (κ2) is 4.24. The second-order valence-electron chi connectivity index (χ2n) is 3.03. The van der Waals surface area contributed by atoms with Crippen molar-refractivity contribution in [2.24, 2.45) is 0 Å². The summed E-state index contributed by atoms with van der Waals surface area (Å²) in [5, 5.41) is 2.65. The van der Waals surface area contributed by atoms with Crippen LogP contribution in [0.4, 0.5) is 11.4 Å². The Bertz CT molecular complexity index is 524. The molecule has 3 N–H and O–H groups in total. The number of aromatic nitrogens is 1. The van der Waals surface area contributed by atoms with Crippen LogP contribution in [0.3, 0.4) is 0 Å². The normalized spacial score (nSPS) is 10.1. The first-order valence-electron chi connectivity index (χ1n) is 4.42. The number of pyridine rings is 1. The van der Waals surface area contributed by atoms with Gasteiger partial charge < -0.3 is 15.5 Å². The standard InChI is InChI=1S/C10H8ClN3O2/c11-9-6(2-4-16-9)10(15)14-8-1-3-13-5-7(8)12/h1-5H,12H2,(H,13,14,15). The van der Waals surface area contributed by atoms with Crippen molar-refractivity contribution in [1.82, 2.24) is 4.98 Å². The summed E-state index contributed by atoms with van der Waals surface area (Å²) in [5.41, 5.74) is 6.76. The fraction of sp³-hybridized carbons (Fsp3) is 0. The van der Waals surface area contributed by atoms with E-state index in [1.807, 2.05) is 0 Å². The number of anilines is 2. The van der Waals surface area contributed by atoms with Crippen molar-refractivity contribution in [3.8, 4) is 0 Å². The van der Waals surface area contributed by atoms with Gasteiger partial charge in [-0.15, -0.1) is 0 Å². The third-order valence-electron chi connectivity index (χ3n) is 1.96. The van der Waals surface area contributed by atoms with E-state index in [0.717, 1.165) is 0 Å². The molecule has 0 aliphatic heterocycles. The van der Waals surface area contributed by atoms with Gasteiger partial charge in [-0.25, -0.2) is 0 Å². The Morgan fingerprint density at radius 3 is 2.94 bits per heavy atom. The van der Waals surface area contributed by atoms with Crippen molar-refractivity contribution in [3.05, 3.63) is 41.6 Å². The molecule has 6 heteroatoms. The molecule has 0 aliphatic carbocycles. The van der Waals surface area contributed by atoms with Gasteiger partial charge in [0.05, 0.1) is 29.4 Å². The van der Waals surface area contributed by atoms with Gasteiger partial charge in [0.15, 0.2) is 0 Å². The maximum absolute atomic E-state index is 11.7. The molecule has 1 amide bonds. The summed E-state index contributed by atoms with van der Waals surface area (Å²) in [6, 6.07) is 3.08. The zero-order valence-electron chi connectivity index (χ0n) is 8.11. The first-order valence-corrected chi connectivity index (χ1v) is 4.80. The Hall–Kier alpha value is -2.01. The molecule has 0 saturated heterocycles. The summed E-state index contributed by atoms with van der Waals surface area (Å²) in [6.45, 7) is 0. The number of amides is 1. The van der Waals surface area contributed by atoms with Crippen molar-refractivity contribution in [3.63, 3.8) is 0 Å². The third kappa shape index (κ3) is 1.99. The number of halogens is 1. The van der Waals surface area contributed by atoms with Gasteiger partial charge in [-0.1, -0.05) is 0 Å².